The molecule has 0 aromatic heterocycles. The smallest absolute Gasteiger partial charge is 0.251 e. The highest BCUT2D eigenvalue weighted by atomic mass is 35.5. The minimum Gasteiger partial charge on any atom is -0.289 e. The Labute approximate surface area is 182 Å². The van der Waals surface area contributed by atoms with Crippen LogP contribution in [0.5, 0.6) is 0 Å². The Morgan fingerprint density at radius 1 is 0.935 bits per heavy atom. The molecule has 2 heterocycles. The quantitative estimate of drug-likeness (QED) is 0.642. The minimum atomic E-state index is -3.71. The molecule has 0 bridgehead atoms. The number of nitrogens with zero attached hydrogens (tertiary/aromatic N) is 3. The summed E-state index contributed by atoms with van der Waals surface area (Å²) in [6.07, 6.45) is -0.153. The number of carbonyl (C=O) groups is 2. The van der Waals surface area contributed by atoms with Gasteiger partial charge in [-0.25, -0.2) is 22.1 Å². The van der Waals surface area contributed by atoms with Crippen LogP contribution < -0.4 is 4.90 Å². The highest BCUT2D eigenvalue weighted by molar-refractivity contribution is 7.89. The number of amides is 2. The van der Waals surface area contributed by atoms with E-state index in [4.69, 9.17) is 11.6 Å². The average Bonchev–Trinajstić information content (AvgIpc) is 3.03. The minimum absolute atomic E-state index is 0.121. The van der Waals surface area contributed by atoms with E-state index in [2.05, 4.69) is 0 Å². The van der Waals surface area contributed by atoms with Gasteiger partial charge >= 0.3 is 0 Å². The van der Waals surface area contributed by atoms with Gasteiger partial charge in [0, 0.05) is 37.3 Å². The Kier molecular flexibility index (Phi) is 5.82. The molecule has 1 atom stereocenters. The fourth-order valence-electron chi connectivity index (χ4n) is 3.83. The molecule has 0 N–H and O–H groups in total. The lowest BCUT2D eigenvalue weighted by Gasteiger charge is -2.36. The van der Waals surface area contributed by atoms with E-state index in [0.29, 0.717) is 11.1 Å². The van der Waals surface area contributed by atoms with E-state index in [1.807, 2.05) is 0 Å². The summed E-state index contributed by atoms with van der Waals surface area (Å²) in [5.74, 6) is -3.00. The first-order valence-corrected chi connectivity index (χ1v) is 11.3. The van der Waals surface area contributed by atoms with Crippen LogP contribution in [0.2, 0.25) is 5.02 Å². The maximum atomic E-state index is 14.1. The molecule has 0 saturated carbocycles. The van der Waals surface area contributed by atoms with Gasteiger partial charge in [0.1, 0.15) is 11.6 Å². The molecule has 0 spiro atoms. The second-order valence-electron chi connectivity index (χ2n) is 7.28. The number of anilines is 1. The molecule has 2 aliphatic rings. The topological polar surface area (TPSA) is 78.0 Å². The first kappa shape index (κ1) is 21.8. The lowest BCUT2D eigenvalue weighted by molar-refractivity contribution is -0.123. The first-order chi connectivity index (χ1) is 14.7. The number of benzene rings is 2. The number of carbonyl (C=O) groups excluding carboxylic acids is 2. The van der Waals surface area contributed by atoms with Gasteiger partial charge in [0.15, 0.2) is 0 Å². The van der Waals surface area contributed by atoms with E-state index in [-0.39, 0.29) is 43.2 Å². The average molecular weight is 470 g/mol. The maximum absolute atomic E-state index is 14.1. The Balaban J connectivity index is 1.46. The summed E-state index contributed by atoms with van der Waals surface area (Å²) in [6.45, 7) is 0.730. The SMILES string of the molecule is O=C1C[C@@H](N2CCN(S(=O)(=O)c3ccc(Cl)cc3)CC2)C(=O)N1c1ccc(F)cc1F. The molecule has 2 amide bonds. The van der Waals surface area contributed by atoms with E-state index < -0.39 is 39.5 Å². The van der Waals surface area contributed by atoms with Crippen molar-refractivity contribution in [3.63, 3.8) is 0 Å². The van der Waals surface area contributed by atoms with Crippen molar-refractivity contribution < 1.29 is 26.8 Å². The molecule has 164 valence electrons. The number of hydrogen-bond acceptors (Lipinski definition) is 5. The Morgan fingerprint density at radius 2 is 1.58 bits per heavy atom. The zero-order chi connectivity index (χ0) is 22.3. The second kappa shape index (κ2) is 8.27. The van der Waals surface area contributed by atoms with E-state index in [1.54, 1.807) is 4.90 Å². The lowest BCUT2D eigenvalue weighted by atomic mass is 10.2. The van der Waals surface area contributed by atoms with E-state index >= 15 is 0 Å². The molecule has 31 heavy (non-hydrogen) atoms. The first-order valence-electron chi connectivity index (χ1n) is 9.50. The molecular weight excluding hydrogens is 452 g/mol. The third-order valence-corrected chi connectivity index (χ3v) is 7.60. The summed E-state index contributed by atoms with van der Waals surface area (Å²) in [5.41, 5.74) is -0.289. The number of rotatable bonds is 4. The largest absolute Gasteiger partial charge is 0.289 e. The number of sulfonamides is 1. The van der Waals surface area contributed by atoms with Gasteiger partial charge in [-0.05, 0) is 36.4 Å². The predicted octanol–water partition coefficient (Wildman–Crippen LogP) is 2.26. The van der Waals surface area contributed by atoms with Crippen LogP contribution in [-0.4, -0.2) is 61.7 Å². The number of hydrogen-bond donors (Lipinski definition) is 0. The van der Waals surface area contributed by atoms with Gasteiger partial charge < -0.3 is 0 Å². The fourth-order valence-corrected chi connectivity index (χ4v) is 5.38. The summed E-state index contributed by atoms with van der Waals surface area (Å²) in [6, 6.07) is 7.68. The Hall–Kier alpha value is -2.40. The zero-order valence-electron chi connectivity index (χ0n) is 16.2. The molecule has 0 radical (unpaired) electrons. The van der Waals surface area contributed by atoms with Gasteiger partial charge in [0.25, 0.3) is 5.91 Å². The molecule has 11 heteroatoms. The Bertz CT molecular complexity index is 1140. The van der Waals surface area contributed by atoms with Gasteiger partial charge in [0.2, 0.25) is 15.9 Å². The molecule has 2 aromatic carbocycles. The molecule has 0 aliphatic carbocycles. The van der Waals surface area contributed by atoms with Gasteiger partial charge in [-0.1, -0.05) is 11.6 Å². The molecule has 2 aliphatic heterocycles. The van der Waals surface area contributed by atoms with E-state index in [9.17, 15) is 26.8 Å². The van der Waals surface area contributed by atoms with Crippen molar-refractivity contribution in [2.45, 2.75) is 17.4 Å². The van der Waals surface area contributed by atoms with Gasteiger partial charge in [-0.15, -0.1) is 0 Å². The van der Waals surface area contributed by atoms with Crippen molar-refractivity contribution in [1.82, 2.24) is 9.21 Å². The predicted molar refractivity (Wildman–Crippen MR) is 109 cm³/mol. The highest BCUT2D eigenvalue weighted by Gasteiger charge is 2.45. The van der Waals surface area contributed by atoms with E-state index in [1.165, 1.54) is 28.6 Å². The van der Waals surface area contributed by atoms with E-state index in [0.717, 1.165) is 17.0 Å². The number of piperazine rings is 1. The van der Waals surface area contributed by atoms with Gasteiger partial charge in [-0.3, -0.25) is 14.5 Å². The molecule has 7 nitrogen and oxygen atoms in total. The molecule has 2 saturated heterocycles. The van der Waals surface area contributed by atoms with Gasteiger partial charge in [-0.2, -0.15) is 4.31 Å². The monoisotopic (exact) mass is 469 g/mol. The third kappa shape index (κ3) is 4.08. The molecule has 2 fully saturated rings. The van der Waals surface area contributed by atoms with Crippen LogP contribution in [0.25, 0.3) is 0 Å². The van der Waals surface area contributed by atoms with Crippen molar-refractivity contribution in [1.29, 1.82) is 0 Å². The second-order valence-corrected chi connectivity index (χ2v) is 9.65. The van der Waals surface area contributed by atoms with Crippen LogP contribution in [0.15, 0.2) is 47.4 Å². The van der Waals surface area contributed by atoms with Crippen molar-refractivity contribution >= 4 is 39.1 Å². The van der Waals surface area contributed by atoms with Gasteiger partial charge in [0.05, 0.1) is 23.0 Å². The van der Waals surface area contributed by atoms with Crippen molar-refractivity contribution in [2.24, 2.45) is 0 Å². The molecule has 2 aromatic rings. The number of imide groups is 1. The Morgan fingerprint density at radius 3 is 2.19 bits per heavy atom. The van der Waals surface area contributed by atoms with Crippen LogP contribution in [0, 0.1) is 11.6 Å². The van der Waals surface area contributed by atoms with Crippen molar-refractivity contribution in [2.75, 3.05) is 31.1 Å². The normalized spacial score (nSPS) is 21.1. The number of halogens is 3. The zero-order valence-corrected chi connectivity index (χ0v) is 17.7. The fraction of sp³-hybridized carbons (Fsp3) is 0.300. The van der Waals surface area contributed by atoms with Crippen LogP contribution in [-0.2, 0) is 19.6 Å². The van der Waals surface area contributed by atoms with Crippen LogP contribution in [0.3, 0.4) is 0 Å². The van der Waals surface area contributed by atoms with Crippen molar-refractivity contribution in [3.8, 4) is 0 Å². The standard InChI is InChI=1S/C20H18ClF2N3O4S/c21-13-1-4-15(5-2-13)31(29,30)25-9-7-24(8-10-25)18-12-19(27)26(20(18)28)17-6-3-14(22)11-16(17)23/h1-6,11,18H,7-10,12H2/t18-/m1/s1. The van der Waals surface area contributed by atoms with Crippen LogP contribution >= 0.6 is 11.6 Å². The summed E-state index contributed by atoms with van der Waals surface area (Å²) < 4.78 is 54.2. The summed E-state index contributed by atoms with van der Waals surface area (Å²) in [4.78, 5) is 27.8. The molecule has 4 rings (SSSR count). The highest BCUT2D eigenvalue weighted by Crippen LogP contribution is 2.29. The maximum Gasteiger partial charge on any atom is 0.251 e. The van der Waals surface area contributed by atoms with Crippen LogP contribution in [0.1, 0.15) is 6.42 Å². The molecule has 0 unspecified atom stereocenters. The molecular formula is C20H18ClF2N3O4S. The summed E-state index contributed by atoms with van der Waals surface area (Å²) in [7, 11) is -3.71. The lowest BCUT2D eigenvalue weighted by Crippen LogP contribution is -2.53. The summed E-state index contributed by atoms with van der Waals surface area (Å²) >= 11 is 5.82. The van der Waals surface area contributed by atoms with Crippen molar-refractivity contribution in [3.05, 3.63) is 59.1 Å². The van der Waals surface area contributed by atoms with Crippen LogP contribution in [0.4, 0.5) is 14.5 Å². The third-order valence-electron chi connectivity index (χ3n) is 5.44. The summed E-state index contributed by atoms with van der Waals surface area (Å²) in [5, 5.41) is 0.426.